The lowest BCUT2D eigenvalue weighted by Gasteiger charge is -2.36. The summed E-state index contributed by atoms with van der Waals surface area (Å²) in [4.78, 5) is 30.3. The summed E-state index contributed by atoms with van der Waals surface area (Å²) in [5, 5.41) is 3.22. The van der Waals surface area contributed by atoms with Crippen LogP contribution in [0.1, 0.15) is 13.8 Å². The van der Waals surface area contributed by atoms with E-state index < -0.39 is 0 Å². The molecule has 6 nitrogen and oxygen atoms in total. The maximum Gasteiger partial charge on any atom is 0.240 e. The molecule has 2 aliphatic rings. The summed E-state index contributed by atoms with van der Waals surface area (Å²) < 4.78 is 0. The zero-order valence-electron chi connectivity index (χ0n) is 13.0. The van der Waals surface area contributed by atoms with Gasteiger partial charge in [0.2, 0.25) is 11.8 Å². The molecule has 2 heterocycles. The van der Waals surface area contributed by atoms with Gasteiger partial charge >= 0.3 is 0 Å². The number of amides is 2. The molecule has 0 aromatic rings. The molecule has 1 atom stereocenters. The van der Waals surface area contributed by atoms with Gasteiger partial charge in [-0.1, -0.05) is 0 Å². The molecular weight excluding hydrogens is 288 g/mol. The molecule has 0 bridgehead atoms. The van der Waals surface area contributed by atoms with Gasteiger partial charge in [0.15, 0.2) is 0 Å². The van der Waals surface area contributed by atoms with Crippen molar-refractivity contribution in [2.45, 2.75) is 19.9 Å². The molecule has 2 rings (SSSR count). The van der Waals surface area contributed by atoms with E-state index in [-0.39, 0.29) is 17.9 Å². The van der Waals surface area contributed by atoms with Crippen LogP contribution in [0.2, 0.25) is 0 Å². The molecule has 2 saturated heterocycles. The summed E-state index contributed by atoms with van der Waals surface area (Å²) in [6.45, 7) is 9.05. The van der Waals surface area contributed by atoms with Crippen molar-refractivity contribution in [2.24, 2.45) is 0 Å². The van der Waals surface area contributed by atoms with Crippen LogP contribution in [0.4, 0.5) is 0 Å². The summed E-state index contributed by atoms with van der Waals surface area (Å²) >= 11 is 1.77. The summed E-state index contributed by atoms with van der Waals surface area (Å²) in [5.74, 6) is 2.15. The molecule has 0 saturated carbocycles. The fourth-order valence-corrected chi connectivity index (χ4v) is 3.70. The van der Waals surface area contributed by atoms with E-state index in [9.17, 15) is 9.59 Å². The molecule has 0 aliphatic carbocycles. The average molecular weight is 314 g/mol. The van der Waals surface area contributed by atoms with Crippen molar-refractivity contribution in [3.8, 4) is 0 Å². The van der Waals surface area contributed by atoms with Crippen molar-refractivity contribution in [3.05, 3.63) is 0 Å². The van der Waals surface area contributed by atoms with Crippen LogP contribution in [0.25, 0.3) is 0 Å². The van der Waals surface area contributed by atoms with Crippen molar-refractivity contribution in [1.29, 1.82) is 0 Å². The SMILES string of the molecule is CCN(CC)C(=O)CN1CCN(C(=O)C2CSCN2)CC1. The maximum atomic E-state index is 12.3. The van der Waals surface area contributed by atoms with Gasteiger partial charge in [0.25, 0.3) is 0 Å². The molecule has 0 aromatic carbocycles. The van der Waals surface area contributed by atoms with Gasteiger partial charge in [-0.3, -0.25) is 19.8 Å². The van der Waals surface area contributed by atoms with Crippen molar-refractivity contribution in [3.63, 3.8) is 0 Å². The van der Waals surface area contributed by atoms with Crippen molar-refractivity contribution >= 4 is 23.6 Å². The standard InChI is InChI=1S/C14H26N4O2S/c1-3-17(4-2)13(19)9-16-5-7-18(8-6-16)14(20)12-10-21-11-15-12/h12,15H,3-11H2,1-2H3. The van der Waals surface area contributed by atoms with Gasteiger partial charge in [0.1, 0.15) is 0 Å². The lowest BCUT2D eigenvalue weighted by molar-refractivity contribution is -0.135. The highest BCUT2D eigenvalue weighted by Gasteiger charge is 2.30. The largest absolute Gasteiger partial charge is 0.342 e. The Kier molecular flexibility index (Phi) is 6.32. The highest BCUT2D eigenvalue weighted by Crippen LogP contribution is 2.13. The van der Waals surface area contributed by atoms with E-state index in [1.54, 1.807) is 11.8 Å². The Labute approximate surface area is 131 Å². The van der Waals surface area contributed by atoms with Crippen LogP contribution in [0.3, 0.4) is 0 Å². The number of piperazine rings is 1. The van der Waals surface area contributed by atoms with E-state index in [1.165, 1.54) is 0 Å². The molecule has 0 aromatic heterocycles. The number of carbonyl (C=O) groups is 2. The second-order valence-corrected chi connectivity index (χ2v) is 6.47. The van der Waals surface area contributed by atoms with Gasteiger partial charge in [-0.05, 0) is 13.8 Å². The second kappa shape index (κ2) is 8.00. The lowest BCUT2D eigenvalue weighted by Crippen LogP contribution is -2.55. The van der Waals surface area contributed by atoms with Gasteiger partial charge in [-0.15, -0.1) is 11.8 Å². The quantitative estimate of drug-likeness (QED) is 0.752. The predicted octanol–water partition coefficient (Wildman–Crippen LogP) is -0.338. The Morgan fingerprint density at radius 2 is 1.86 bits per heavy atom. The first-order valence-corrected chi connectivity index (χ1v) is 8.91. The summed E-state index contributed by atoms with van der Waals surface area (Å²) in [6, 6.07) is -0.0149. The van der Waals surface area contributed by atoms with Crippen LogP contribution in [0.5, 0.6) is 0 Å². The second-order valence-electron chi connectivity index (χ2n) is 5.44. The topological polar surface area (TPSA) is 55.9 Å². The molecule has 2 amide bonds. The number of hydrogen-bond acceptors (Lipinski definition) is 5. The van der Waals surface area contributed by atoms with Crippen LogP contribution in [0.15, 0.2) is 0 Å². The molecule has 2 fully saturated rings. The van der Waals surface area contributed by atoms with Crippen LogP contribution < -0.4 is 5.32 Å². The molecule has 21 heavy (non-hydrogen) atoms. The first-order chi connectivity index (χ1) is 10.2. The van der Waals surface area contributed by atoms with Crippen molar-refractivity contribution < 1.29 is 9.59 Å². The van der Waals surface area contributed by atoms with E-state index in [2.05, 4.69) is 10.2 Å². The Morgan fingerprint density at radius 1 is 1.19 bits per heavy atom. The lowest BCUT2D eigenvalue weighted by atomic mass is 10.2. The highest BCUT2D eigenvalue weighted by atomic mass is 32.2. The molecule has 2 aliphatic heterocycles. The minimum Gasteiger partial charge on any atom is -0.342 e. The van der Waals surface area contributed by atoms with Gasteiger partial charge in [0, 0.05) is 50.9 Å². The first-order valence-electron chi connectivity index (χ1n) is 7.75. The Hall–Kier alpha value is -0.790. The molecule has 0 radical (unpaired) electrons. The minimum absolute atomic E-state index is 0.0149. The number of nitrogens with one attached hydrogen (secondary N) is 1. The average Bonchev–Trinajstić information content (AvgIpc) is 3.03. The summed E-state index contributed by atoms with van der Waals surface area (Å²) in [7, 11) is 0. The number of likely N-dealkylation sites (N-methyl/N-ethyl adjacent to an activating group) is 1. The number of thioether (sulfide) groups is 1. The summed E-state index contributed by atoms with van der Waals surface area (Å²) in [5.41, 5.74) is 0. The first kappa shape index (κ1) is 16.6. The Morgan fingerprint density at radius 3 is 2.38 bits per heavy atom. The normalized spacial score (nSPS) is 23.3. The molecule has 1 N–H and O–H groups in total. The Bertz CT molecular complexity index is 362. The number of carbonyl (C=O) groups excluding carboxylic acids is 2. The van der Waals surface area contributed by atoms with Crippen LogP contribution >= 0.6 is 11.8 Å². The third-order valence-corrected chi connectivity index (χ3v) is 5.11. The fraction of sp³-hybridized carbons (Fsp3) is 0.857. The van der Waals surface area contributed by atoms with E-state index in [0.29, 0.717) is 6.54 Å². The summed E-state index contributed by atoms with van der Waals surface area (Å²) in [6.07, 6.45) is 0. The predicted molar refractivity (Wildman–Crippen MR) is 85.2 cm³/mol. The number of hydrogen-bond donors (Lipinski definition) is 1. The van der Waals surface area contributed by atoms with Crippen LogP contribution in [0, 0.1) is 0 Å². The van der Waals surface area contributed by atoms with Gasteiger partial charge in [-0.25, -0.2) is 0 Å². The van der Waals surface area contributed by atoms with Gasteiger partial charge in [0.05, 0.1) is 12.6 Å². The van der Waals surface area contributed by atoms with E-state index in [4.69, 9.17) is 0 Å². The molecule has 0 spiro atoms. The molecular formula is C14H26N4O2S. The molecule has 1 unspecified atom stereocenters. The monoisotopic (exact) mass is 314 g/mol. The van der Waals surface area contributed by atoms with Crippen molar-refractivity contribution in [1.82, 2.24) is 20.0 Å². The van der Waals surface area contributed by atoms with Crippen molar-refractivity contribution in [2.75, 3.05) is 57.4 Å². The third-order valence-electron chi connectivity index (χ3n) is 4.17. The third kappa shape index (κ3) is 4.34. The minimum atomic E-state index is -0.0149. The zero-order valence-corrected chi connectivity index (χ0v) is 13.8. The highest BCUT2D eigenvalue weighted by molar-refractivity contribution is 7.99. The number of rotatable bonds is 5. The van der Waals surface area contributed by atoms with Gasteiger partial charge in [-0.2, -0.15) is 0 Å². The van der Waals surface area contributed by atoms with Crippen LogP contribution in [-0.2, 0) is 9.59 Å². The van der Waals surface area contributed by atoms with Crippen LogP contribution in [-0.4, -0.2) is 90.0 Å². The Balaban J connectivity index is 1.75. The van der Waals surface area contributed by atoms with E-state index in [1.807, 2.05) is 23.6 Å². The van der Waals surface area contributed by atoms with E-state index >= 15 is 0 Å². The molecule has 7 heteroatoms. The zero-order chi connectivity index (χ0) is 15.2. The van der Waals surface area contributed by atoms with E-state index in [0.717, 1.165) is 50.9 Å². The van der Waals surface area contributed by atoms with Gasteiger partial charge < -0.3 is 9.80 Å². The fourth-order valence-electron chi connectivity index (χ4n) is 2.77. The molecule has 120 valence electrons. The number of nitrogens with zero attached hydrogens (tertiary/aromatic N) is 3. The smallest absolute Gasteiger partial charge is 0.240 e. The maximum absolute atomic E-state index is 12.3.